The summed E-state index contributed by atoms with van der Waals surface area (Å²) in [5.41, 5.74) is 4.17. The Morgan fingerprint density at radius 3 is 2.44 bits per heavy atom. The molecule has 0 unspecified atom stereocenters. The zero-order chi connectivity index (χ0) is 25.7. The summed E-state index contributed by atoms with van der Waals surface area (Å²) in [5, 5.41) is 5.36. The Hall–Kier alpha value is -2.91. The first-order valence-corrected chi connectivity index (χ1v) is 12.3. The van der Waals surface area contributed by atoms with E-state index in [1.54, 1.807) is 17.3 Å². The molecular weight excluding hydrogens is 471 g/mol. The summed E-state index contributed by atoms with van der Waals surface area (Å²) >= 11 is 0. The fourth-order valence-electron chi connectivity index (χ4n) is 4.87. The van der Waals surface area contributed by atoms with Crippen molar-refractivity contribution >= 4 is 17.5 Å². The van der Waals surface area contributed by atoms with Crippen LogP contribution in [0, 0.1) is 5.92 Å². The van der Waals surface area contributed by atoms with Gasteiger partial charge in [0.25, 0.3) is 5.91 Å². The number of carbonyl (C=O) groups is 2. The third-order valence-electron chi connectivity index (χ3n) is 7.09. The van der Waals surface area contributed by atoms with E-state index in [9.17, 15) is 22.8 Å². The number of aryl methyl sites for hydroxylation is 1. The molecule has 0 spiro atoms. The molecule has 0 aromatic heterocycles. The highest BCUT2D eigenvalue weighted by Crippen LogP contribution is 2.27. The van der Waals surface area contributed by atoms with Gasteiger partial charge in [0.05, 0.1) is 0 Å². The van der Waals surface area contributed by atoms with Crippen molar-refractivity contribution in [2.24, 2.45) is 5.92 Å². The van der Waals surface area contributed by atoms with Crippen LogP contribution in [0.25, 0.3) is 0 Å². The van der Waals surface area contributed by atoms with Crippen LogP contribution in [0.2, 0.25) is 0 Å². The van der Waals surface area contributed by atoms with E-state index in [1.165, 1.54) is 41.0 Å². The summed E-state index contributed by atoms with van der Waals surface area (Å²) < 4.78 is 42.7. The van der Waals surface area contributed by atoms with Gasteiger partial charge in [-0.1, -0.05) is 18.2 Å². The molecule has 2 aromatic rings. The minimum atomic E-state index is -4.96. The summed E-state index contributed by atoms with van der Waals surface area (Å²) in [7, 11) is 1.76. The molecule has 9 heteroatoms. The van der Waals surface area contributed by atoms with Crippen LogP contribution < -0.4 is 10.6 Å². The van der Waals surface area contributed by atoms with Gasteiger partial charge in [-0.15, -0.1) is 0 Å². The number of hydrogen-bond acceptors (Lipinski definition) is 4. The van der Waals surface area contributed by atoms with Crippen molar-refractivity contribution < 1.29 is 27.5 Å². The van der Waals surface area contributed by atoms with Crippen molar-refractivity contribution in [2.45, 2.75) is 50.9 Å². The number of anilines is 1. The first-order valence-electron chi connectivity index (χ1n) is 12.3. The van der Waals surface area contributed by atoms with E-state index in [1.807, 2.05) is 0 Å². The Balaban J connectivity index is 1.30. The number of amides is 2. The summed E-state index contributed by atoms with van der Waals surface area (Å²) in [5.74, 6) is -1.57. The number of nitrogens with zero attached hydrogens (tertiary/aromatic N) is 1. The summed E-state index contributed by atoms with van der Waals surface area (Å²) in [6, 6.07) is 12.1. The number of nitrogens with one attached hydrogen (secondary N) is 2. The monoisotopic (exact) mass is 503 g/mol. The number of hydrogen-bond donors (Lipinski definition) is 2. The molecule has 194 valence electrons. The third-order valence-corrected chi connectivity index (χ3v) is 7.09. The second-order valence-corrected chi connectivity index (χ2v) is 9.63. The van der Waals surface area contributed by atoms with Crippen LogP contribution in [0.15, 0.2) is 42.5 Å². The number of halogens is 3. The lowest BCUT2D eigenvalue weighted by atomic mass is 9.86. The van der Waals surface area contributed by atoms with Crippen LogP contribution in [0.4, 0.5) is 18.9 Å². The van der Waals surface area contributed by atoms with E-state index < -0.39 is 12.1 Å². The first-order chi connectivity index (χ1) is 17.2. The molecule has 1 fully saturated rings. The van der Waals surface area contributed by atoms with Crippen molar-refractivity contribution in [3.8, 4) is 0 Å². The quantitative estimate of drug-likeness (QED) is 0.590. The van der Waals surface area contributed by atoms with Crippen molar-refractivity contribution in [2.75, 3.05) is 32.1 Å². The molecule has 0 saturated carbocycles. The van der Waals surface area contributed by atoms with Crippen LogP contribution >= 0.6 is 0 Å². The third kappa shape index (κ3) is 6.64. The molecule has 2 aromatic carbocycles. The fourth-order valence-corrected chi connectivity index (χ4v) is 4.87. The molecule has 0 bridgehead atoms. The molecule has 1 aliphatic carbocycles. The van der Waals surface area contributed by atoms with Crippen LogP contribution in [-0.4, -0.2) is 55.7 Å². The lowest BCUT2D eigenvalue weighted by molar-refractivity contribution is -0.167. The number of likely N-dealkylation sites (N-methyl/N-ethyl adjacent to an activating group) is 1. The van der Waals surface area contributed by atoms with Gasteiger partial charge in [0.15, 0.2) is 0 Å². The molecule has 2 N–H and O–H groups in total. The van der Waals surface area contributed by atoms with Gasteiger partial charge in [0.1, 0.15) is 0 Å². The van der Waals surface area contributed by atoms with E-state index >= 15 is 0 Å². The molecule has 4 rings (SSSR count). The Labute approximate surface area is 209 Å². The Morgan fingerprint density at radius 2 is 1.75 bits per heavy atom. The van der Waals surface area contributed by atoms with E-state index in [-0.39, 0.29) is 17.6 Å². The number of benzene rings is 2. The van der Waals surface area contributed by atoms with Crippen molar-refractivity contribution in [1.82, 2.24) is 10.2 Å². The average molecular weight is 504 g/mol. The highest BCUT2D eigenvalue weighted by molar-refractivity contribution is 5.97. The normalized spacial score (nSPS) is 18.4. The van der Waals surface area contributed by atoms with E-state index in [0.717, 1.165) is 58.4 Å². The van der Waals surface area contributed by atoms with Crippen LogP contribution in [0.5, 0.6) is 0 Å². The average Bonchev–Trinajstić information content (AvgIpc) is 2.88. The zero-order valence-electron chi connectivity index (χ0n) is 20.4. The molecule has 6 nitrogen and oxygen atoms in total. The number of ether oxygens (including phenoxy) is 1. The molecule has 2 aliphatic rings. The maximum absolute atomic E-state index is 13.0. The maximum Gasteiger partial charge on any atom is 0.471 e. The van der Waals surface area contributed by atoms with Crippen LogP contribution in [0.3, 0.4) is 0 Å². The number of carbonyl (C=O) groups excluding carboxylic acids is 2. The first kappa shape index (κ1) is 26.2. The number of alkyl halides is 3. The molecule has 1 atom stereocenters. The van der Waals surface area contributed by atoms with Gasteiger partial charge in [-0.2, -0.15) is 13.2 Å². The van der Waals surface area contributed by atoms with Crippen LogP contribution in [0.1, 0.15) is 46.3 Å². The van der Waals surface area contributed by atoms with Crippen molar-refractivity contribution in [3.05, 3.63) is 64.7 Å². The van der Waals surface area contributed by atoms with Gasteiger partial charge in [-0.25, -0.2) is 0 Å². The molecule has 1 heterocycles. The molecule has 2 amide bonds. The topological polar surface area (TPSA) is 70.7 Å². The Kier molecular flexibility index (Phi) is 8.31. The van der Waals surface area contributed by atoms with Gasteiger partial charge in [-0.3, -0.25) is 9.59 Å². The molecular formula is C27H32F3N3O3. The van der Waals surface area contributed by atoms with Gasteiger partial charge < -0.3 is 20.3 Å². The van der Waals surface area contributed by atoms with E-state index in [4.69, 9.17) is 4.74 Å². The molecule has 36 heavy (non-hydrogen) atoms. The zero-order valence-corrected chi connectivity index (χ0v) is 20.4. The number of fused-ring (bicyclic) bond motifs is 1. The highest BCUT2D eigenvalue weighted by Gasteiger charge is 2.38. The largest absolute Gasteiger partial charge is 0.471 e. The number of rotatable bonds is 7. The predicted octanol–water partition coefficient (Wildman–Crippen LogP) is 4.33. The standard InChI is InChI=1S/C27H32F3N3O3/c1-33(25(34)20-4-7-23(8-5-20)32-26(35)27(28,29)30)24-9-6-21-14-19(2-3-22(21)15-24)17-31-16-18-10-12-36-13-11-18/h2-5,7-8,14,18,24,31H,6,9-13,15-17H2,1H3,(H,32,35)/t24-/m0/s1. The molecule has 1 saturated heterocycles. The second kappa shape index (κ2) is 11.4. The second-order valence-electron chi connectivity index (χ2n) is 9.63. The molecule has 0 radical (unpaired) electrons. The lowest BCUT2D eigenvalue weighted by Gasteiger charge is -2.33. The minimum Gasteiger partial charge on any atom is -0.381 e. The lowest BCUT2D eigenvalue weighted by Crippen LogP contribution is -2.40. The molecule has 1 aliphatic heterocycles. The van der Waals surface area contributed by atoms with Gasteiger partial charge >= 0.3 is 12.1 Å². The van der Waals surface area contributed by atoms with E-state index in [2.05, 4.69) is 23.5 Å². The van der Waals surface area contributed by atoms with Gasteiger partial charge in [0.2, 0.25) is 0 Å². The summed E-state index contributed by atoms with van der Waals surface area (Å²) in [6.07, 6.45) is -0.254. The van der Waals surface area contributed by atoms with Crippen molar-refractivity contribution in [3.63, 3.8) is 0 Å². The predicted molar refractivity (Wildman–Crippen MR) is 131 cm³/mol. The Bertz CT molecular complexity index is 1070. The maximum atomic E-state index is 13.0. The minimum absolute atomic E-state index is 0.0128. The summed E-state index contributed by atoms with van der Waals surface area (Å²) in [4.78, 5) is 25.8. The SMILES string of the molecule is CN(C(=O)c1ccc(NC(=O)C(F)(F)F)cc1)[C@H]1CCc2cc(CNCC3CCOCC3)ccc2C1. The summed E-state index contributed by atoms with van der Waals surface area (Å²) in [6.45, 7) is 3.56. The van der Waals surface area contributed by atoms with Crippen molar-refractivity contribution in [1.29, 1.82) is 0 Å². The van der Waals surface area contributed by atoms with Crippen LogP contribution in [-0.2, 0) is 28.9 Å². The van der Waals surface area contributed by atoms with Gasteiger partial charge in [-0.05, 0) is 85.5 Å². The smallest absolute Gasteiger partial charge is 0.381 e. The highest BCUT2D eigenvalue weighted by atomic mass is 19.4. The van der Waals surface area contributed by atoms with Gasteiger partial charge in [0, 0.05) is 44.1 Å². The van der Waals surface area contributed by atoms with E-state index in [0.29, 0.717) is 11.5 Å². The Morgan fingerprint density at radius 1 is 1.03 bits per heavy atom. The fraction of sp³-hybridized carbons (Fsp3) is 0.481.